The molecule has 3 aromatic rings. The Morgan fingerprint density at radius 1 is 1.00 bits per heavy atom. The normalized spacial score (nSPS) is 16.8. The highest BCUT2D eigenvalue weighted by Gasteiger charge is 2.48. The third-order valence-corrected chi connectivity index (χ3v) is 7.70. The van der Waals surface area contributed by atoms with Crippen molar-refractivity contribution in [3.63, 3.8) is 0 Å². The van der Waals surface area contributed by atoms with Crippen molar-refractivity contribution in [2.75, 3.05) is 33.4 Å². The van der Waals surface area contributed by atoms with Gasteiger partial charge in [-0.15, -0.1) is 22.7 Å². The van der Waals surface area contributed by atoms with Gasteiger partial charge in [-0.05, 0) is 54.8 Å². The van der Waals surface area contributed by atoms with Crippen LogP contribution >= 0.6 is 22.7 Å². The number of rotatable bonds is 12. The minimum absolute atomic E-state index is 0.100. The third kappa shape index (κ3) is 6.11. The first kappa shape index (κ1) is 24.1. The molecule has 5 nitrogen and oxygen atoms in total. The molecule has 0 spiro atoms. The molecule has 1 aliphatic rings. The number of nitrogens with zero attached hydrogens (tertiary/aromatic N) is 1. The highest BCUT2D eigenvalue weighted by molar-refractivity contribution is 7.12. The van der Waals surface area contributed by atoms with Crippen LogP contribution in [0.4, 0.5) is 0 Å². The van der Waals surface area contributed by atoms with Gasteiger partial charge in [-0.2, -0.15) is 0 Å². The van der Waals surface area contributed by atoms with Crippen LogP contribution < -0.4 is 0 Å². The summed E-state index contributed by atoms with van der Waals surface area (Å²) in [7, 11) is 2.05. The van der Waals surface area contributed by atoms with Gasteiger partial charge in [0.05, 0.1) is 16.4 Å². The molecular weight excluding hydrogens is 454 g/mol. The van der Waals surface area contributed by atoms with Crippen molar-refractivity contribution >= 4 is 28.6 Å². The summed E-state index contributed by atoms with van der Waals surface area (Å²) in [6.45, 7) is 3.41. The molecule has 4 rings (SSSR count). The Morgan fingerprint density at radius 3 is 2.30 bits per heavy atom. The molecule has 1 fully saturated rings. The molecule has 33 heavy (non-hydrogen) atoms. The summed E-state index contributed by atoms with van der Waals surface area (Å²) in [5.74, 6) is -0.312. The van der Waals surface area contributed by atoms with Crippen molar-refractivity contribution in [1.29, 1.82) is 0 Å². The lowest BCUT2D eigenvalue weighted by Gasteiger charge is -2.31. The van der Waals surface area contributed by atoms with E-state index in [1.54, 1.807) is 0 Å². The third-order valence-electron chi connectivity index (χ3n) is 5.76. The lowest BCUT2D eigenvalue weighted by atomic mass is 9.99. The number of thiophene rings is 2. The SMILES string of the molecule is CN1CCC(OC(=O)C(OCCCCOCc2ccccc2)(c2cccs2)c2cccs2)C1. The molecular formula is C26H31NO4S2. The summed E-state index contributed by atoms with van der Waals surface area (Å²) >= 11 is 3.06. The van der Waals surface area contributed by atoms with E-state index in [1.807, 2.05) is 53.2 Å². The predicted octanol–water partition coefficient (Wildman–Crippen LogP) is 5.31. The Hall–Kier alpha value is -2.03. The molecule has 0 aliphatic carbocycles. The quantitative estimate of drug-likeness (QED) is 0.257. The van der Waals surface area contributed by atoms with E-state index in [-0.39, 0.29) is 12.1 Å². The molecule has 0 N–H and O–H groups in total. The second kappa shape index (κ2) is 11.9. The molecule has 0 amide bonds. The van der Waals surface area contributed by atoms with E-state index in [1.165, 1.54) is 28.2 Å². The first-order valence-electron chi connectivity index (χ1n) is 11.4. The van der Waals surface area contributed by atoms with Gasteiger partial charge in [-0.25, -0.2) is 4.79 Å². The second-order valence-corrected chi connectivity index (χ2v) is 10.2. The Morgan fingerprint density at radius 2 is 1.70 bits per heavy atom. The number of likely N-dealkylation sites (N-methyl/N-ethyl adjacent to an activating group) is 1. The van der Waals surface area contributed by atoms with Crippen LogP contribution in [0.1, 0.15) is 34.6 Å². The number of ether oxygens (including phenoxy) is 3. The molecule has 1 atom stereocenters. The molecule has 2 aromatic heterocycles. The fraction of sp³-hybridized carbons (Fsp3) is 0.423. The highest BCUT2D eigenvalue weighted by Crippen LogP contribution is 2.41. The summed E-state index contributed by atoms with van der Waals surface area (Å²) < 4.78 is 18.3. The smallest absolute Gasteiger partial charge is 0.349 e. The van der Waals surface area contributed by atoms with Crippen LogP contribution in [0.25, 0.3) is 0 Å². The first-order chi connectivity index (χ1) is 16.2. The summed E-state index contributed by atoms with van der Waals surface area (Å²) in [6.07, 6.45) is 2.41. The van der Waals surface area contributed by atoms with Gasteiger partial charge in [0.15, 0.2) is 0 Å². The summed E-state index contributed by atoms with van der Waals surface area (Å²) in [5.41, 5.74) is -0.0440. The summed E-state index contributed by atoms with van der Waals surface area (Å²) in [5, 5.41) is 3.96. The Bertz CT molecular complexity index is 925. The van der Waals surface area contributed by atoms with E-state index >= 15 is 0 Å². The van der Waals surface area contributed by atoms with Crippen molar-refractivity contribution in [3.05, 3.63) is 80.7 Å². The lowest BCUT2D eigenvalue weighted by Crippen LogP contribution is -2.42. The van der Waals surface area contributed by atoms with Gasteiger partial charge in [0.2, 0.25) is 5.60 Å². The number of esters is 1. The maximum Gasteiger partial charge on any atom is 0.349 e. The van der Waals surface area contributed by atoms with Crippen molar-refractivity contribution in [2.24, 2.45) is 0 Å². The predicted molar refractivity (Wildman–Crippen MR) is 133 cm³/mol. The maximum atomic E-state index is 13.7. The minimum atomic E-state index is -1.21. The van der Waals surface area contributed by atoms with Crippen LogP contribution in [-0.4, -0.2) is 50.3 Å². The maximum absolute atomic E-state index is 13.7. The van der Waals surface area contributed by atoms with Crippen LogP contribution in [0.5, 0.6) is 0 Å². The highest BCUT2D eigenvalue weighted by atomic mass is 32.1. The van der Waals surface area contributed by atoms with E-state index in [9.17, 15) is 4.79 Å². The zero-order valence-electron chi connectivity index (χ0n) is 19.0. The van der Waals surface area contributed by atoms with Crippen LogP contribution in [0.3, 0.4) is 0 Å². The van der Waals surface area contributed by atoms with Gasteiger partial charge < -0.3 is 19.1 Å². The Balaban J connectivity index is 1.39. The second-order valence-electron chi connectivity index (χ2n) is 8.31. The van der Waals surface area contributed by atoms with Crippen LogP contribution in [-0.2, 0) is 31.2 Å². The fourth-order valence-electron chi connectivity index (χ4n) is 4.00. The van der Waals surface area contributed by atoms with Gasteiger partial charge in [0.1, 0.15) is 6.10 Å². The monoisotopic (exact) mass is 485 g/mol. The fourth-order valence-corrected chi connectivity index (χ4v) is 5.83. The molecule has 3 heterocycles. The molecule has 0 bridgehead atoms. The number of hydrogen-bond acceptors (Lipinski definition) is 7. The number of unbranched alkanes of at least 4 members (excludes halogenated alkanes) is 1. The molecule has 176 valence electrons. The molecule has 7 heteroatoms. The van der Waals surface area contributed by atoms with E-state index < -0.39 is 5.60 Å². The van der Waals surface area contributed by atoms with Gasteiger partial charge in [0, 0.05) is 26.3 Å². The van der Waals surface area contributed by atoms with Crippen LogP contribution in [0.2, 0.25) is 0 Å². The number of hydrogen-bond donors (Lipinski definition) is 0. The zero-order valence-corrected chi connectivity index (χ0v) is 20.6. The molecule has 0 saturated carbocycles. The standard InChI is InChI=1S/C26H31NO4S2/c1-27-14-13-22(19-27)31-25(28)26(23-11-7-17-32-23,24-12-8-18-33-24)30-16-6-5-15-29-20-21-9-3-2-4-10-21/h2-4,7-12,17-18,22H,5-6,13-16,19-20H2,1H3. The molecule has 1 unspecified atom stereocenters. The first-order valence-corrected chi connectivity index (χ1v) is 13.2. The number of carbonyl (C=O) groups is 1. The van der Waals surface area contributed by atoms with Crippen LogP contribution in [0.15, 0.2) is 65.4 Å². The van der Waals surface area contributed by atoms with E-state index in [0.717, 1.165) is 42.1 Å². The minimum Gasteiger partial charge on any atom is -0.458 e. The largest absolute Gasteiger partial charge is 0.458 e. The number of carbonyl (C=O) groups excluding carboxylic acids is 1. The van der Waals surface area contributed by atoms with E-state index in [2.05, 4.69) is 24.1 Å². The topological polar surface area (TPSA) is 48.0 Å². The van der Waals surface area contributed by atoms with Gasteiger partial charge >= 0.3 is 5.97 Å². The lowest BCUT2D eigenvalue weighted by molar-refractivity contribution is -0.173. The van der Waals surface area contributed by atoms with E-state index in [4.69, 9.17) is 14.2 Å². The number of likely N-dealkylation sites (tertiary alicyclic amines) is 1. The summed E-state index contributed by atoms with van der Waals surface area (Å²) in [4.78, 5) is 17.6. The number of benzene rings is 1. The van der Waals surface area contributed by atoms with Crippen molar-refractivity contribution in [1.82, 2.24) is 4.90 Å². The molecule has 1 aliphatic heterocycles. The average Bonchev–Trinajstić information content (AvgIpc) is 3.60. The van der Waals surface area contributed by atoms with Crippen molar-refractivity contribution < 1.29 is 19.0 Å². The zero-order chi connectivity index (χ0) is 22.9. The molecule has 1 aromatic carbocycles. The van der Waals surface area contributed by atoms with Gasteiger partial charge in [-0.3, -0.25) is 0 Å². The van der Waals surface area contributed by atoms with Gasteiger partial charge in [-0.1, -0.05) is 42.5 Å². The molecule has 0 radical (unpaired) electrons. The average molecular weight is 486 g/mol. The Kier molecular flexibility index (Phi) is 8.69. The van der Waals surface area contributed by atoms with Crippen LogP contribution in [0, 0.1) is 0 Å². The van der Waals surface area contributed by atoms with Crippen molar-refractivity contribution in [3.8, 4) is 0 Å². The van der Waals surface area contributed by atoms with E-state index in [0.29, 0.717) is 19.8 Å². The Labute approximate surface area is 203 Å². The molecule has 1 saturated heterocycles. The van der Waals surface area contributed by atoms with Crippen molar-refractivity contribution in [2.45, 2.75) is 37.6 Å². The van der Waals surface area contributed by atoms with Gasteiger partial charge in [0.25, 0.3) is 0 Å². The summed E-state index contributed by atoms with van der Waals surface area (Å²) in [6, 6.07) is 18.0.